The van der Waals surface area contributed by atoms with Gasteiger partial charge in [0.15, 0.2) is 0 Å². The van der Waals surface area contributed by atoms with E-state index in [2.05, 4.69) is 26.5 Å². The van der Waals surface area contributed by atoms with Crippen molar-refractivity contribution in [1.29, 1.82) is 5.26 Å². The lowest BCUT2D eigenvalue weighted by molar-refractivity contribution is -0.117. The van der Waals surface area contributed by atoms with Gasteiger partial charge < -0.3 is 10.6 Å². The number of nitrogens with one attached hydrogen (secondary N) is 2. The summed E-state index contributed by atoms with van der Waals surface area (Å²) in [5.74, 6) is -0.203. The molecular weight excluding hydrogens is 378 g/mol. The van der Waals surface area contributed by atoms with Crippen molar-refractivity contribution in [2.75, 3.05) is 45.1 Å². The summed E-state index contributed by atoms with van der Waals surface area (Å²) in [4.78, 5) is 28.6. The van der Waals surface area contributed by atoms with Crippen LogP contribution in [0.25, 0.3) is 0 Å². The van der Waals surface area contributed by atoms with Crippen molar-refractivity contribution in [2.24, 2.45) is 0 Å². The van der Waals surface area contributed by atoms with Gasteiger partial charge >= 0.3 is 0 Å². The molecule has 0 saturated carbocycles. The van der Waals surface area contributed by atoms with Crippen LogP contribution in [-0.4, -0.2) is 61.4 Å². The smallest absolute Gasteiger partial charge is 0.251 e. The third-order valence-electron chi connectivity index (χ3n) is 5.20. The van der Waals surface area contributed by atoms with E-state index in [4.69, 9.17) is 5.26 Å². The molecule has 1 aliphatic heterocycles. The molecule has 7 nitrogen and oxygen atoms in total. The maximum Gasteiger partial charge on any atom is 0.251 e. The number of hydrogen-bond acceptors (Lipinski definition) is 5. The lowest BCUT2D eigenvalue weighted by Gasteiger charge is -2.21. The van der Waals surface area contributed by atoms with Gasteiger partial charge in [-0.1, -0.05) is 12.1 Å². The molecule has 1 heterocycles. The minimum atomic E-state index is -0.150. The number of benzene rings is 2. The van der Waals surface area contributed by atoms with Gasteiger partial charge in [-0.3, -0.25) is 19.4 Å². The zero-order valence-corrected chi connectivity index (χ0v) is 17.2. The third kappa shape index (κ3) is 6.14. The highest BCUT2D eigenvalue weighted by atomic mass is 16.2. The van der Waals surface area contributed by atoms with E-state index in [0.29, 0.717) is 23.4 Å². The van der Waals surface area contributed by atoms with E-state index in [-0.39, 0.29) is 11.8 Å². The molecule has 0 spiro atoms. The van der Waals surface area contributed by atoms with Gasteiger partial charge in [-0.2, -0.15) is 5.26 Å². The van der Waals surface area contributed by atoms with Crippen LogP contribution in [0.15, 0.2) is 48.5 Å². The SMILES string of the molecule is CNC(=O)c1ccc(NC(=O)CN2CCCN(Cc3ccc(C#N)cc3)CC2)cc1. The average Bonchev–Trinajstić information content (AvgIpc) is 2.99. The van der Waals surface area contributed by atoms with Crippen LogP contribution in [0.4, 0.5) is 5.69 Å². The van der Waals surface area contributed by atoms with Crippen LogP contribution in [0.3, 0.4) is 0 Å². The number of carbonyl (C=O) groups excluding carboxylic acids is 2. The van der Waals surface area contributed by atoms with E-state index in [1.165, 1.54) is 5.56 Å². The van der Waals surface area contributed by atoms with Gasteiger partial charge in [-0.15, -0.1) is 0 Å². The van der Waals surface area contributed by atoms with Crippen molar-refractivity contribution in [3.8, 4) is 6.07 Å². The first kappa shape index (κ1) is 21.5. The highest BCUT2D eigenvalue weighted by Crippen LogP contribution is 2.12. The summed E-state index contributed by atoms with van der Waals surface area (Å²) in [5.41, 5.74) is 3.12. The number of nitrogens with zero attached hydrogens (tertiary/aromatic N) is 3. The summed E-state index contributed by atoms with van der Waals surface area (Å²) < 4.78 is 0. The van der Waals surface area contributed by atoms with E-state index in [1.807, 2.05) is 24.3 Å². The molecule has 3 rings (SSSR count). The van der Waals surface area contributed by atoms with Crippen molar-refractivity contribution < 1.29 is 9.59 Å². The predicted octanol–water partition coefficient (Wildman–Crippen LogP) is 2.06. The summed E-state index contributed by atoms with van der Waals surface area (Å²) in [7, 11) is 1.59. The van der Waals surface area contributed by atoms with Crippen LogP contribution in [0.1, 0.15) is 27.9 Å². The second-order valence-corrected chi connectivity index (χ2v) is 7.42. The number of anilines is 1. The van der Waals surface area contributed by atoms with Gasteiger partial charge in [0.25, 0.3) is 5.91 Å². The van der Waals surface area contributed by atoms with Crippen molar-refractivity contribution >= 4 is 17.5 Å². The Balaban J connectivity index is 1.46. The van der Waals surface area contributed by atoms with E-state index in [0.717, 1.165) is 39.1 Å². The second-order valence-electron chi connectivity index (χ2n) is 7.42. The van der Waals surface area contributed by atoms with Crippen LogP contribution >= 0.6 is 0 Å². The summed E-state index contributed by atoms with van der Waals surface area (Å²) in [6.45, 7) is 4.80. The Morgan fingerprint density at radius 1 is 0.967 bits per heavy atom. The molecule has 0 unspecified atom stereocenters. The lowest BCUT2D eigenvalue weighted by Crippen LogP contribution is -2.36. The normalized spacial score (nSPS) is 15.1. The van der Waals surface area contributed by atoms with Crippen LogP contribution in [0, 0.1) is 11.3 Å². The van der Waals surface area contributed by atoms with E-state index in [9.17, 15) is 9.59 Å². The molecule has 0 radical (unpaired) electrons. The summed E-state index contributed by atoms with van der Waals surface area (Å²) >= 11 is 0. The summed E-state index contributed by atoms with van der Waals surface area (Å²) in [6.07, 6.45) is 1.00. The minimum Gasteiger partial charge on any atom is -0.355 e. The minimum absolute atomic E-state index is 0.0526. The maximum atomic E-state index is 12.4. The summed E-state index contributed by atoms with van der Waals surface area (Å²) in [6, 6.07) is 16.7. The molecule has 7 heteroatoms. The monoisotopic (exact) mass is 405 g/mol. The molecule has 2 aromatic carbocycles. The van der Waals surface area contributed by atoms with Gasteiger partial charge in [0, 0.05) is 37.9 Å². The van der Waals surface area contributed by atoms with Gasteiger partial charge in [-0.05, 0) is 61.5 Å². The molecule has 1 saturated heterocycles. The molecule has 0 aromatic heterocycles. The Kier molecular flexibility index (Phi) is 7.55. The quantitative estimate of drug-likeness (QED) is 0.768. The highest BCUT2D eigenvalue weighted by molar-refractivity contribution is 5.96. The van der Waals surface area contributed by atoms with Gasteiger partial charge in [0.1, 0.15) is 0 Å². The zero-order chi connectivity index (χ0) is 21.3. The van der Waals surface area contributed by atoms with E-state index < -0.39 is 0 Å². The molecule has 2 N–H and O–H groups in total. The molecule has 1 aliphatic rings. The maximum absolute atomic E-state index is 12.4. The van der Waals surface area contributed by atoms with Gasteiger partial charge in [0.2, 0.25) is 5.91 Å². The Morgan fingerprint density at radius 3 is 2.30 bits per heavy atom. The van der Waals surface area contributed by atoms with Crippen LogP contribution in [0.5, 0.6) is 0 Å². The number of hydrogen-bond donors (Lipinski definition) is 2. The van der Waals surface area contributed by atoms with Crippen molar-refractivity contribution in [3.63, 3.8) is 0 Å². The Hall–Kier alpha value is -3.21. The first-order valence-corrected chi connectivity index (χ1v) is 10.1. The number of amides is 2. The van der Waals surface area contributed by atoms with Crippen molar-refractivity contribution in [1.82, 2.24) is 15.1 Å². The Labute approximate surface area is 177 Å². The molecule has 0 bridgehead atoms. The topological polar surface area (TPSA) is 88.5 Å². The molecule has 0 atom stereocenters. The predicted molar refractivity (Wildman–Crippen MR) is 116 cm³/mol. The van der Waals surface area contributed by atoms with Crippen molar-refractivity contribution in [3.05, 3.63) is 65.2 Å². The standard InChI is InChI=1S/C23H27N5O2/c1-25-23(30)20-7-9-21(10-8-20)26-22(29)17-28-12-2-11-27(13-14-28)16-19-5-3-18(15-24)4-6-19/h3-10H,2,11-14,16-17H2,1H3,(H,25,30)(H,26,29). The molecule has 0 aliphatic carbocycles. The van der Waals surface area contributed by atoms with E-state index in [1.54, 1.807) is 31.3 Å². The molecule has 1 fully saturated rings. The van der Waals surface area contributed by atoms with Crippen LogP contribution in [0.2, 0.25) is 0 Å². The molecule has 2 aromatic rings. The first-order valence-electron chi connectivity index (χ1n) is 10.1. The average molecular weight is 406 g/mol. The molecular formula is C23H27N5O2. The summed E-state index contributed by atoms with van der Waals surface area (Å²) in [5, 5.41) is 14.4. The largest absolute Gasteiger partial charge is 0.355 e. The fraction of sp³-hybridized carbons (Fsp3) is 0.348. The Morgan fingerprint density at radius 2 is 1.63 bits per heavy atom. The Bertz CT molecular complexity index is 903. The fourth-order valence-corrected chi connectivity index (χ4v) is 3.54. The lowest BCUT2D eigenvalue weighted by atomic mass is 10.1. The molecule has 156 valence electrons. The van der Waals surface area contributed by atoms with Crippen molar-refractivity contribution in [2.45, 2.75) is 13.0 Å². The van der Waals surface area contributed by atoms with Gasteiger partial charge in [0.05, 0.1) is 18.2 Å². The fourth-order valence-electron chi connectivity index (χ4n) is 3.54. The van der Waals surface area contributed by atoms with Crippen LogP contribution in [-0.2, 0) is 11.3 Å². The zero-order valence-electron chi connectivity index (χ0n) is 17.2. The number of nitriles is 1. The van der Waals surface area contributed by atoms with Gasteiger partial charge in [-0.25, -0.2) is 0 Å². The van der Waals surface area contributed by atoms with Crippen LogP contribution < -0.4 is 10.6 Å². The highest BCUT2D eigenvalue weighted by Gasteiger charge is 2.17. The van der Waals surface area contributed by atoms with E-state index >= 15 is 0 Å². The first-order chi connectivity index (χ1) is 14.6. The number of rotatable bonds is 6. The molecule has 30 heavy (non-hydrogen) atoms. The third-order valence-corrected chi connectivity index (χ3v) is 5.20. The second kappa shape index (κ2) is 10.5. The number of carbonyl (C=O) groups is 2. The molecule has 2 amide bonds.